The number of carbonyl (C=O) groups excluding carboxylic acids is 3. The number of rotatable bonds is 5. The van der Waals surface area contributed by atoms with Gasteiger partial charge in [0.15, 0.2) is 0 Å². The maximum absolute atomic E-state index is 13.4. The molecule has 2 bridgehead atoms. The molecule has 2 amide bonds. The third-order valence-corrected chi connectivity index (χ3v) is 6.62. The Bertz CT molecular complexity index is 680. The minimum absolute atomic E-state index is 0.166. The van der Waals surface area contributed by atoms with Crippen molar-refractivity contribution in [3.8, 4) is 0 Å². The quantitative estimate of drug-likeness (QED) is 0.459. The van der Waals surface area contributed by atoms with Crippen LogP contribution in [0.2, 0.25) is 0 Å². The Morgan fingerprint density at radius 2 is 2.11 bits per heavy atom. The first-order valence-electron chi connectivity index (χ1n) is 9.72. The van der Waals surface area contributed by atoms with Crippen LogP contribution in [0, 0.1) is 11.8 Å². The van der Waals surface area contributed by atoms with Crippen LogP contribution in [0.1, 0.15) is 41.0 Å². The minimum Gasteiger partial charge on any atom is -0.466 e. The number of alkyl halides is 1. The van der Waals surface area contributed by atoms with Crippen molar-refractivity contribution in [1.29, 1.82) is 0 Å². The van der Waals surface area contributed by atoms with Crippen molar-refractivity contribution in [2.24, 2.45) is 11.8 Å². The van der Waals surface area contributed by atoms with E-state index in [1.165, 1.54) is 4.90 Å². The number of amides is 2. The molecule has 0 aliphatic carbocycles. The van der Waals surface area contributed by atoms with Gasteiger partial charge in [0.2, 0.25) is 11.8 Å². The number of aliphatic hydroxyl groups is 1. The molecular formula is C19H29BrN2O6. The van der Waals surface area contributed by atoms with Gasteiger partial charge < -0.3 is 24.8 Å². The second-order valence-corrected chi connectivity index (χ2v) is 10.1. The summed E-state index contributed by atoms with van der Waals surface area (Å²) in [5.41, 5.74) is -1.62. The first-order valence-corrected chi connectivity index (χ1v) is 10.6. The lowest BCUT2D eigenvalue weighted by Crippen LogP contribution is -2.60. The maximum atomic E-state index is 13.4. The van der Waals surface area contributed by atoms with Crippen molar-refractivity contribution >= 4 is 33.7 Å². The van der Waals surface area contributed by atoms with Gasteiger partial charge in [-0.1, -0.05) is 15.9 Å². The molecule has 0 saturated carbocycles. The Balaban J connectivity index is 2.07. The molecule has 3 rings (SSSR count). The van der Waals surface area contributed by atoms with Crippen LogP contribution in [0.4, 0.5) is 0 Å². The fourth-order valence-electron chi connectivity index (χ4n) is 4.87. The van der Waals surface area contributed by atoms with Gasteiger partial charge in [0.05, 0.1) is 37.2 Å². The summed E-state index contributed by atoms with van der Waals surface area (Å²) in [7, 11) is 0. The van der Waals surface area contributed by atoms with E-state index >= 15 is 0 Å². The molecule has 9 heteroatoms. The van der Waals surface area contributed by atoms with E-state index in [1.807, 2.05) is 20.8 Å². The summed E-state index contributed by atoms with van der Waals surface area (Å²) in [4.78, 5) is 40.6. The van der Waals surface area contributed by atoms with Crippen LogP contribution < -0.4 is 5.32 Å². The van der Waals surface area contributed by atoms with Gasteiger partial charge in [0.1, 0.15) is 11.6 Å². The lowest BCUT2D eigenvalue weighted by Gasteiger charge is -2.37. The molecule has 0 aromatic heterocycles. The Labute approximate surface area is 173 Å². The van der Waals surface area contributed by atoms with Crippen LogP contribution in [0.15, 0.2) is 0 Å². The summed E-state index contributed by atoms with van der Waals surface area (Å²) >= 11 is 3.57. The van der Waals surface area contributed by atoms with E-state index in [4.69, 9.17) is 9.47 Å². The summed E-state index contributed by atoms with van der Waals surface area (Å²) in [5.74, 6) is -2.73. The van der Waals surface area contributed by atoms with Gasteiger partial charge in [0.25, 0.3) is 0 Å². The van der Waals surface area contributed by atoms with Gasteiger partial charge in [-0.2, -0.15) is 0 Å². The third kappa shape index (κ3) is 3.15. The number of ether oxygens (including phenoxy) is 2. The summed E-state index contributed by atoms with van der Waals surface area (Å²) in [6.07, 6.45) is -0.0922. The van der Waals surface area contributed by atoms with Gasteiger partial charge in [0, 0.05) is 10.4 Å². The highest BCUT2D eigenvalue weighted by Crippen LogP contribution is 2.60. The summed E-state index contributed by atoms with van der Waals surface area (Å²) in [6.45, 7) is 8.88. The molecule has 158 valence electrons. The fourth-order valence-corrected chi connectivity index (χ4v) is 5.82. The molecular weight excluding hydrogens is 432 g/mol. The van der Waals surface area contributed by atoms with Crippen molar-refractivity contribution in [3.63, 3.8) is 0 Å². The van der Waals surface area contributed by atoms with E-state index in [9.17, 15) is 19.5 Å². The highest BCUT2D eigenvalue weighted by Gasteiger charge is 2.77. The Kier molecular flexibility index (Phi) is 5.57. The summed E-state index contributed by atoms with van der Waals surface area (Å²) in [6, 6.07) is -1.50. The largest absolute Gasteiger partial charge is 0.466 e. The number of aliphatic hydroxyl groups excluding tert-OH is 1. The van der Waals surface area contributed by atoms with Crippen LogP contribution >= 0.6 is 15.9 Å². The lowest BCUT2D eigenvalue weighted by molar-refractivity contribution is -0.155. The first kappa shape index (κ1) is 21.5. The van der Waals surface area contributed by atoms with E-state index < -0.39 is 47.1 Å². The SMILES string of the molecule is CCOC(=O)[C@H]1[C@H]2C(=O)N([C@H](C)CO)C(C(=O)NC(C)(C)C)C23CC(Br)[C@@H]1O3. The maximum Gasteiger partial charge on any atom is 0.312 e. The van der Waals surface area contributed by atoms with E-state index in [2.05, 4.69) is 21.2 Å². The highest BCUT2D eigenvalue weighted by molar-refractivity contribution is 9.09. The van der Waals surface area contributed by atoms with E-state index in [0.29, 0.717) is 6.42 Å². The lowest BCUT2D eigenvalue weighted by atomic mass is 9.70. The zero-order valence-corrected chi connectivity index (χ0v) is 18.5. The molecule has 3 unspecified atom stereocenters. The Hall–Kier alpha value is -1.19. The molecule has 3 heterocycles. The van der Waals surface area contributed by atoms with E-state index in [0.717, 1.165) is 0 Å². The monoisotopic (exact) mass is 460 g/mol. The number of esters is 1. The Morgan fingerprint density at radius 1 is 1.46 bits per heavy atom. The van der Waals surface area contributed by atoms with Crippen LogP contribution in [-0.2, 0) is 23.9 Å². The molecule has 8 nitrogen and oxygen atoms in total. The summed E-state index contributed by atoms with van der Waals surface area (Å²) < 4.78 is 11.5. The molecule has 7 atom stereocenters. The highest BCUT2D eigenvalue weighted by atomic mass is 79.9. The average Bonchev–Trinajstić information content (AvgIpc) is 3.16. The van der Waals surface area contributed by atoms with Crippen molar-refractivity contribution in [1.82, 2.24) is 10.2 Å². The zero-order valence-electron chi connectivity index (χ0n) is 16.9. The van der Waals surface area contributed by atoms with Gasteiger partial charge in [-0.05, 0) is 41.0 Å². The number of hydrogen-bond donors (Lipinski definition) is 2. The van der Waals surface area contributed by atoms with Crippen molar-refractivity contribution in [2.75, 3.05) is 13.2 Å². The number of fused-ring (bicyclic) bond motifs is 1. The van der Waals surface area contributed by atoms with E-state index in [1.54, 1.807) is 13.8 Å². The van der Waals surface area contributed by atoms with Crippen LogP contribution in [-0.4, -0.2) is 75.2 Å². The fraction of sp³-hybridized carbons (Fsp3) is 0.842. The van der Waals surface area contributed by atoms with Gasteiger partial charge in [-0.15, -0.1) is 0 Å². The number of hydrogen-bond acceptors (Lipinski definition) is 6. The molecule has 2 N–H and O–H groups in total. The molecule has 3 saturated heterocycles. The number of likely N-dealkylation sites (tertiary alicyclic amines) is 1. The molecule has 0 radical (unpaired) electrons. The smallest absolute Gasteiger partial charge is 0.312 e. The molecule has 1 spiro atoms. The number of nitrogens with zero attached hydrogens (tertiary/aromatic N) is 1. The number of halogens is 1. The van der Waals surface area contributed by atoms with Gasteiger partial charge in [-0.3, -0.25) is 14.4 Å². The predicted molar refractivity (Wildman–Crippen MR) is 104 cm³/mol. The molecule has 3 aliphatic heterocycles. The molecule has 28 heavy (non-hydrogen) atoms. The van der Waals surface area contributed by atoms with Crippen LogP contribution in [0.3, 0.4) is 0 Å². The molecule has 0 aromatic carbocycles. The molecule has 3 fully saturated rings. The predicted octanol–water partition coefficient (Wildman–Crippen LogP) is 0.593. The third-order valence-electron chi connectivity index (χ3n) is 5.77. The average molecular weight is 461 g/mol. The number of nitrogens with one attached hydrogen (secondary N) is 1. The second-order valence-electron chi connectivity index (χ2n) is 8.93. The minimum atomic E-state index is -1.12. The van der Waals surface area contributed by atoms with Crippen molar-refractivity contribution < 1.29 is 29.0 Å². The Morgan fingerprint density at radius 3 is 2.64 bits per heavy atom. The first-order chi connectivity index (χ1) is 13.0. The number of carbonyl (C=O) groups is 3. The second kappa shape index (κ2) is 7.25. The van der Waals surface area contributed by atoms with Gasteiger partial charge >= 0.3 is 5.97 Å². The normalized spacial score (nSPS) is 37.8. The summed E-state index contributed by atoms with van der Waals surface area (Å²) in [5, 5.41) is 12.7. The van der Waals surface area contributed by atoms with Gasteiger partial charge in [-0.25, -0.2) is 0 Å². The van der Waals surface area contributed by atoms with Crippen molar-refractivity contribution in [3.05, 3.63) is 0 Å². The van der Waals surface area contributed by atoms with E-state index in [-0.39, 0.29) is 29.9 Å². The molecule has 3 aliphatic rings. The topological polar surface area (TPSA) is 105 Å². The van der Waals surface area contributed by atoms with Crippen molar-refractivity contribution in [2.45, 2.75) is 75.2 Å². The zero-order chi connectivity index (χ0) is 21.0. The van der Waals surface area contributed by atoms with Crippen LogP contribution in [0.5, 0.6) is 0 Å². The standard InChI is InChI=1S/C19H29BrN2O6/c1-6-27-17(26)11-12-16(25)22(9(2)8-23)14(15(24)21-18(3,4)5)19(12)7-10(20)13(11)28-19/h9-14,23H,6-8H2,1-5H3,(H,21,24)/t9-,10?,11+,12+,13+,14?,19?/m1/s1. The van der Waals surface area contributed by atoms with Crippen LogP contribution in [0.25, 0.3) is 0 Å². The molecule has 0 aromatic rings.